The van der Waals surface area contributed by atoms with Crippen LogP contribution in [-0.4, -0.2) is 18.8 Å². The molecule has 1 fully saturated rings. The minimum absolute atomic E-state index is 0.142. The van der Waals surface area contributed by atoms with E-state index < -0.39 is 0 Å². The molecular weight excluding hydrogens is 281 g/mol. The van der Waals surface area contributed by atoms with Gasteiger partial charge < -0.3 is 10.5 Å². The molecule has 19 heavy (non-hydrogen) atoms. The highest BCUT2D eigenvalue weighted by Crippen LogP contribution is 2.34. The molecular formula is C15H21Cl2NO. The lowest BCUT2D eigenvalue weighted by molar-refractivity contribution is -0.0280. The van der Waals surface area contributed by atoms with Gasteiger partial charge in [-0.2, -0.15) is 0 Å². The normalized spacial score (nSPS) is 24.0. The summed E-state index contributed by atoms with van der Waals surface area (Å²) in [5, 5.41) is 1.24. The van der Waals surface area contributed by atoms with Crippen LogP contribution in [0.4, 0.5) is 0 Å². The zero-order valence-electron chi connectivity index (χ0n) is 11.2. The Bertz CT molecular complexity index is 419. The van der Waals surface area contributed by atoms with Gasteiger partial charge in [-0.15, -0.1) is 0 Å². The molecule has 106 valence electrons. The molecule has 1 aromatic rings. The molecule has 2 N–H and O–H groups in total. The van der Waals surface area contributed by atoms with Gasteiger partial charge in [0, 0.05) is 12.6 Å². The number of ether oxygens (including phenoxy) is 1. The van der Waals surface area contributed by atoms with Crippen LogP contribution in [0.1, 0.15) is 31.7 Å². The highest BCUT2D eigenvalue weighted by molar-refractivity contribution is 6.42. The Balaban J connectivity index is 1.79. The first-order chi connectivity index (χ1) is 9.10. The summed E-state index contributed by atoms with van der Waals surface area (Å²) < 4.78 is 5.56. The van der Waals surface area contributed by atoms with E-state index in [9.17, 15) is 0 Å². The van der Waals surface area contributed by atoms with Gasteiger partial charge in [-0.05, 0) is 50.2 Å². The van der Waals surface area contributed by atoms with Crippen molar-refractivity contribution in [1.29, 1.82) is 0 Å². The summed E-state index contributed by atoms with van der Waals surface area (Å²) in [4.78, 5) is 0. The molecule has 0 amide bonds. The first-order valence-electron chi connectivity index (χ1n) is 6.90. The van der Waals surface area contributed by atoms with Gasteiger partial charge in [-0.25, -0.2) is 0 Å². The smallest absolute Gasteiger partial charge is 0.0624 e. The van der Waals surface area contributed by atoms with Crippen molar-refractivity contribution < 1.29 is 4.74 Å². The quantitative estimate of drug-likeness (QED) is 0.859. The van der Waals surface area contributed by atoms with Crippen molar-refractivity contribution in [3.63, 3.8) is 0 Å². The predicted octanol–water partition coefficient (Wildman–Crippen LogP) is 4.07. The fourth-order valence-electron chi connectivity index (χ4n) is 2.74. The van der Waals surface area contributed by atoms with E-state index in [1.54, 1.807) is 6.07 Å². The lowest BCUT2D eigenvalue weighted by Crippen LogP contribution is -2.36. The summed E-state index contributed by atoms with van der Waals surface area (Å²) in [7, 11) is 0. The van der Waals surface area contributed by atoms with Crippen molar-refractivity contribution in [2.45, 2.75) is 44.8 Å². The Kier molecular flexibility index (Phi) is 5.52. The van der Waals surface area contributed by atoms with E-state index in [0.717, 1.165) is 37.9 Å². The van der Waals surface area contributed by atoms with Gasteiger partial charge in [0.2, 0.25) is 0 Å². The number of nitrogens with two attached hydrogens (primary N) is 1. The third kappa shape index (κ3) is 4.09. The van der Waals surface area contributed by atoms with E-state index in [-0.39, 0.29) is 6.04 Å². The molecule has 1 aliphatic carbocycles. The maximum atomic E-state index is 6.21. The van der Waals surface area contributed by atoms with Crippen molar-refractivity contribution in [3.8, 4) is 0 Å². The van der Waals surface area contributed by atoms with Crippen LogP contribution in [0.3, 0.4) is 0 Å². The number of halogens is 2. The molecule has 0 spiro atoms. The number of rotatable bonds is 6. The van der Waals surface area contributed by atoms with Crippen molar-refractivity contribution >= 4 is 23.2 Å². The molecule has 0 radical (unpaired) electrons. The maximum Gasteiger partial charge on any atom is 0.0624 e. The van der Waals surface area contributed by atoms with Crippen LogP contribution in [0.15, 0.2) is 18.2 Å². The third-order valence-electron chi connectivity index (χ3n) is 3.74. The first kappa shape index (κ1) is 15.1. The number of hydrogen-bond donors (Lipinski definition) is 1. The van der Waals surface area contributed by atoms with Crippen LogP contribution in [-0.2, 0) is 11.2 Å². The van der Waals surface area contributed by atoms with Gasteiger partial charge in [0.05, 0.1) is 16.1 Å². The molecule has 1 unspecified atom stereocenters. The van der Waals surface area contributed by atoms with Crippen molar-refractivity contribution in [3.05, 3.63) is 33.8 Å². The molecule has 1 aliphatic rings. The number of hydrogen-bond acceptors (Lipinski definition) is 2. The highest BCUT2D eigenvalue weighted by atomic mass is 35.5. The molecule has 0 bridgehead atoms. The van der Waals surface area contributed by atoms with Crippen LogP contribution in [0.25, 0.3) is 0 Å². The van der Waals surface area contributed by atoms with Crippen LogP contribution < -0.4 is 5.73 Å². The molecule has 2 rings (SSSR count). The predicted molar refractivity (Wildman–Crippen MR) is 80.9 cm³/mol. The molecule has 1 atom stereocenters. The zero-order chi connectivity index (χ0) is 13.8. The van der Waals surface area contributed by atoms with Crippen LogP contribution in [0.5, 0.6) is 0 Å². The highest BCUT2D eigenvalue weighted by Gasteiger charge is 2.30. The Labute approximate surface area is 125 Å². The van der Waals surface area contributed by atoms with E-state index >= 15 is 0 Å². The third-order valence-corrected chi connectivity index (χ3v) is 4.60. The van der Waals surface area contributed by atoms with Crippen LogP contribution in [0.2, 0.25) is 10.0 Å². The van der Waals surface area contributed by atoms with Gasteiger partial charge in [0.15, 0.2) is 0 Å². The second kappa shape index (κ2) is 6.94. The molecule has 0 heterocycles. The second-order valence-electron chi connectivity index (χ2n) is 5.33. The van der Waals surface area contributed by atoms with Gasteiger partial charge in [-0.3, -0.25) is 0 Å². The van der Waals surface area contributed by atoms with Crippen molar-refractivity contribution in [2.75, 3.05) is 6.61 Å². The van der Waals surface area contributed by atoms with Crippen molar-refractivity contribution in [1.82, 2.24) is 0 Å². The summed E-state index contributed by atoms with van der Waals surface area (Å²) in [5.41, 5.74) is 7.26. The minimum Gasteiger partial charge on any atom is -0.378 e. The average molecular weight is 302 g/mol. The molecule has 4 heteroatoms. The second-order valence-corrected chi connectivity index (χ2v) is 6.11. The van der Waals surface area contributed by atoms with Gasteiger partial charge in [-0.1, -0.05) is 35.3 Å². The van der Waals surface area contributed by atoms with E-state index in [2.05, 4.69) is 0 Å². The SMILES string of the molecule is CCOC1CC(CC(N)Cc2cccc(Cl)c2Cl)C1. The summed E-state index contributed by atoms with van der Waals surface area (Å²) in [6, 6.07) is 5.86. The Hall–Kier alpha value is -0.280. The summed E-state index contributed by atoms with van der Waals surface area (Å²) in [6.45, 7) is 2.85. The molecule has 0 aliphatic heterocycles. The molecule has 2 nitrogen and oxygen atoms in total. The average Bonchev–Trinajstić information content (AvgIpc) is 2.32. The Morgan fingerprint density at radius 3 is 2.79 bits per heavy atom. The van der Waals surface area contributed by atoms with E-state index in [4.69, 9.17) is 33.7 Å². The Morgan fingerprint density at radius 2 is 2.11 bits per heavy atom. The van der Waals surface area contributed by atoms with Crippen molar-refractivity contribution in [2.24, 2.45) is 11.7 Å². The topological polar surface area (TPSA) is 35.2 Å². The summed E-state index contributed by atoms with van der Waals surface area (Å²) in [5.74, 6) is 0.699. The fraction of sp³-hybridized carbons (Fsp3) is 0.600. The van der Waals surface area contributed by atoms with Gasteiger partial charge in [0.1, 0.15) is 0 Å². The van der Waals surface area contributed by atoms with Crippen LogP contribution >= 0.6 is 23.2 Å². The zero-order valence-corrected chi connectivity index (χ0v) is 12.8. The molecule has 0 aromatic heterocycles. The first-order valence-corrected chi connectivity index (χ1v) is 7.65. The lowest BCUT2D eigenvalue weighted by Gasteiger charge is -2.36. The largest absolute Gasteiger partial charge is 0.378 e. The Morgan fingerprint density at radius 1 is 1.37 bits per heavy atom. The minimum atomic E-state index is 0.142. The van der Waals surface area contributed by atoms with E-state index in [1.807, 2.05) is 19.1 Å². The standard InChI is InChI=1S/C15H21Cl2NO/c1-2-19-13-7-10(8-13)6-12(18)9-11-4-3-5-14(16)15(11)17/h3-5,10,12-13H,2,6-9,18H2,1H3. The maximum absolute atomic E-state index is 6.21. The van der Waals surface area contributed by atoms with E-state index in [1.165, 1.54) is 0 Å². The molecule has 1 saturated carbocycles. The van der Waals surface area contributed by atoms with Gasteiger partial charge in [0.25, 0.3) is 0 Å². The lowest BCUT2D eigenvalue weighted by atomic mass is 9.77. The van der Waals surface area contributed by atoms with Crippen LogP contribution in [0, 0.1) is 5.92 Å². The summed E-state index contributed by atoms with van der Waals surface area (Å²) in [6.07, 6.45) is 4.56. The fourth-order valence-corrected chi connectivity index (χ4v) is 3.14. The number of benzene rings is 1. The monoisotopic (exact) mass is 301 g/mol. The van der Waals surface area contributed by atoms with Gasteiger partial charge >= 0.3 is 0 Å². The molecule has 1 aromatic carbocycles. The molecule has 0 saturated heterocycles. The summed E-state index contributed by atoms with van der Waals surface area (Å²) >= 11 is 12.2. The van der Waals surface area contributed by atoms with E-state index in [0.29, 0.717) is 22.1 Å².